The van der Waals surface area contributed by atoms with Crippen LogP contribution in [0.15, 0.2) is 53.5 Å². The summed E-state index contributed by atoms with van der Waals surface area (Å²) < 4.78 is 22.1. The summed E-state index contributed by atoms with van der Waals surface area (Å²) in [5.41, 5.74) is 2.75. The third kappa shape index (κ3) is 4.56. The predicted octanol–water partition coefficient (Wildman–Crippen LogP) is 6.32. The summed E-state index contributed by atoms with van der Waals surface area (Å²) in [5, 5.41) is 0.409. The smallest absolute Gasteiger partial charge is 0.343 e. The fraction of sp³-hybridized carbons (Fsp3) is 0.269. The van der Waals surface area contributed by atoms with Crippen molar-refractivity contribution in [3.63, 3.8) is 0 Å². The van der Waals surface area contributed by atoms with Gasteiger partial charge in [0.05, 0.1) is 37.2 Å². The van der Waals surface area contributed by atoms with Crippen LogP contribution < -0.4 is 14.2 Å². The Morgan fingerprint density at radius 2 is 1.76 bits per heavy atom. The van der Waals surface area contributed by atoms with Crippen molar-refractivity contribution in [1.29, 1.82) is 0 Å². The first-order chi connectivity index (χ1) is 16.5. The van der Waals surface area contributed by atoms with Crippen LogP contribution >= 0.6 is 11.6 Å². The average Bonchev–Trinajstić information content (AvgIpc) is 2.85. The molecule has 0 spiro atoms. The van der Waals surface area contributed by atoms with Crippen LogP contribution in [0.3, 0.4) is 0 Å². The van der Waals surface area contributed by atoms with Gasteiger partial charge in [-0.3, -0.25) is 4.99 Å². The number of para-hydroxylation sites is 1. The minimum Gasteiger partial charge on any atom is -0.493 e. The van der Waals surface area contributed by atoms with E-state index in [2.05, 4.69) is 11.9 Å². The SMILES string of the molecule is CCOC(=O)c1ccc(C2C=Nc3cc(OC)c(OC)cc3[C@H]2C)nc1Oc1ccccc1Cl. The van der Waals surface area contributed by atoms with Gasteiger partial charge in [-0.15, -0.1) is 0 Å². The summed E-state index contributed by atoms with van der Waals surface area (Å²) >= 11 is 6.28. The zero-order chi connectivity index (χ0) is 24.2. The fourth-order valence-electron chi connectivity index (χ4n) is 3.89. The molecule has 7 nitrogen and oxygen atoms in total. The highest BCUT2D eigenvalue weighted by molar-refractivity contribution is 6.32. The summed E-state index contributed by atoms with van der Waals surface area (Å²) in [6.07, 6.45) is 1.85. The van der Waals surface area contributed by atoms with Gasteiger partial charge in [0.2, 0.25) is 5.88 Å². The van der Waals surface area contributed by atoms with Gasteiger partial charge in [0.25, 0.3) is 0 Å². The maximum Gasteiger partial charge on any atom is 0.343 e. The van der Waals surface area contributed by atoms with Crippen molar-refractivity contribution in [2.75, 3.05) is 20.8 Å². The number of esters is 1. The van der Waals surface area contributed by atoms with Crippen molar-refractivity contribution in [3.8, 4) is 23.1 Å². The lowest BCUT2D eigenvalue weighted by molar-refractivity contribution is 0.0522. The van der Waals surface area contributed by atoms with E-state index in [-0.39, 0.29) is 29.9 Å². The maximum absolute atomic E-state index is 12.6. The molecule has 0 saturated heterocycles. The third-order valence-electron chi connectivity index (χ3n) is 5.70. The molecule has 0 aliphatic carbocycles. The molecule has 0 fully saturated rings. The number of carbonyl (C=O) groups excluding carboxylic acids is 1. The van der Waals surface area contributed by atoms with Gasteiger partial charge >= 0.3 is 5.97 Å². The summed E-state index contributed by atoms with van der Waals surface area (Å²) in [5.74, 6) is 1.14. The Morgan fingerprint density at radius 3 is 2.47 bits per heavy atom. The summed E-state index contributed by atoms with van der Waals surface area (Å²) in [7, 11) is 3.20. The van der Waals surface area contributed by atoms with E-state index in [0.29, 0.717) is 28.0 Å². The number of hydrogen-bond acceptors (Lipinski definition) is 7. The molecule has 0 N–H and O–H groups in total. The molecule has 1 aliphatic rings. The largest absolute Gasteiger partial charge is 0.493 e. The number of pyridine rings is 1. The van der Waals surface area contributed by atoms with E-state index in [1.54, 1.807) is 57.5 Å². The molecule has 3 aromatic rings. The molecule has 34 heavy (non-hydrogen) atoms. The molecule has 2 heterocycles. The average molecular weight is 481 g/mol. The number of benzene rings is 2. The van der Waals surface area contributed by atoms with Crippen LogP contribution in [-0.4, -0.2) is 38.0 Å². The number of fused-ring (bicyclic) bond motifs is 1. The quantitative estimate of drug-likeness (QED) is 0.368. The Labute approximate surface area is 203 Å². The van der Waals surface area contributed by atoms with Crippen LogP contribution in [0.1, 0.15) is 47.3 Å². The monoisotopic (exact) mass is 480 g/mol. The number of hydrogen-bond donors (Lipinski definition) is 0. The topological polar surface area (TPSA) is 79.2 Å². The molecule has 0 radical (unpaired) electrons. The first-order valence-corrected chi connectivity index (χ1v) is 11.2. The van der Waals surface area contributed by atoms with Gasteiger partial charge in [0.1, 0.15) is 11.3 Å². The molecule has 0 bridgehead atoms. The summed E-state index contributed by atoms with van der Waals surface area (Å²) in [6.45, 7) is 4.08. The zero-order valence-electron chi connectivity index (χ0n) is 19.4. The molecule has 1 aliphatic heterocycles. The van der Waals surface area contributed by atoms with Crippen LogP contribution in [0.5, 0.6) is 23.1 Å². The summed E-state index contributed by atoms with van der Waals surface area (Å²) in [6, 6.07) is 14.3. The third-order valence-corrected chi connectivity index (χ3v) is 6.01. The number of carbonyl (C=O) groups is 1. The van der Waals surface area contributed by atoms with Crippen molar-refractivity contribution in [2.45, 2.75) is 25.7 Å². The van der Waals surface area contributed by atoms with Crippen molar-refractivity contribution in [3.05, 3.63) is 70.4 Å². The molecular weight excluding hydrogens is 456 g/mol. The Bertz CT molecular complexity index is 1240. The second-order valence-corrected chi connectivity index (χ2v) is 8.11. The molecule has 176 valence electrons. The Balaban J connectivity index is 1.74. The van der Waals surface area contributed by atoms with Gasteiger partial charge in [0, 0.05) is 18.2 Å². The number of aromatic nitrogens is 1. The van der Waals surface area contributed by atoms with Crippen LogP contribution in [0.2, 0.25) is 5.02 Å². The number of halogens is 1. The second-order valence-electron chi connectivity index (χ2n) is 7.70. The van der Waals surface area contributed by atoms with Crippen molar-refractivity contribution < 1.29 is 23.7 Å². The van der Waals surface area contributed by atoms with Gasteiger partial charge in [-0.1, -0.05) is 30.7 Å². The van der Waals surface area contributed by atoms with E-state index >= 15 is 0 Å². The molecule has 4 rings (SSSR count). The van der Waals surface area contributed by atoms with E-state index in [1.807, 2.05) is 18.3 Å². The lowest BCUT2D eigenvalue weighted by Gasteiger charge is -2.27. The number of methoxy groups -OCH3 is 2. The summed E-state index contributed by atoms with van der Waals surface area (Å²) in [4.78, 5) is 21.9. The second kappa shape index (κ2) is 10.1. The minimum atomic E-state index is -0.517. The fourth-order valence-corrected chi connectivity index (χ4v) is 4.06. The number of nitrogens with zero attached hydrogens (tertiary/aromatic N) is 2. The Kier molecular flexibility index (Phi) is 7.03. The minimum absolute atomic E-state index is 0.0291. The highest BCUT2D eigenvalue weighted by atomic mass is 35.5. The van der Waals surface area contributed by atoms with Gasteiger partial charge in [0.15, 0.2) is 11.5 Å². The molecule has 8 heteroatoms. The molecule has 1 aromatic heterocycles. The van der Waals surface area contributed by atoms with E-state index in [4.69, 9.17) is 35.5 Å². The van der Waals surface area contributed by atoms with Crippen LogP contribution in [0.25, 0.3) is 0 Å². The lowest BCUT2D eigenvalue weighted by atomic mass is 9.83. The van der Waals surface area contributed by atoms with Crippen molar-refractivity contribution in [2.24, 2.45) is 4.99 Å². The highest BCUT2D eigenvalue weighted by Crippen LogP contribution is 2.45. The first-order valence-electron chi connectivity index (χ1n) is 10.9. The maximum atomic E-state index is 12.6. The van der Waals surface area contributed by atoms with Gasteiger partial charge in [-0.2, -0.15) is 0 Å². The molecule has 2 aromatic carbocycles. The Hall–Kier alpha value is -3.58. The Morgan fingerprint density at radius 1 is 1.03 bits per heavy atom. The first kappa shape index (κ1) is 23.6. The number of rotatable bonds is 7. The molecule has 0 saturated carbocycles. The molecular formula is C26H25ClN2O5. The number of aliphatic imine (C=N–C) groups is 1. The van der Waals surface area contributed by atoms with Crippen molar-refractivity contribution in [1.82, 2.24) is 4.98 Å². The van der Waals surface area contributed by atoms with E-state index in [9.17, 15) is 4.79 Å². The number of ether oxygens (including phenoxy) is 4. The van der Waals surface area contributed by atoms with E-state index in [0.717, 1.165) is 11.3 Å². The van der Waals surface area contributed by atoms with Gasteiger partial charge in [-0.05, 0) is 48.7 Å². The highest BCUT2D eigenvalue weighted by Gasteiger charge is 2.29. The van der Waals surface area contributed by atoms with Crippen LogP contribution in [0.4, 0.5) is 5.69 Å². The lowest BCUT2D eigenvalue weighted by Crippen LogP contribution is -2.17. The van der Waals surface area contributed by atoms with E-state index < -0.39 is 5.97 Å². The standard InChI is InChI=1S/C26H25ClN2O5/c1-5-33-26(30)16-10-11-20(29-25(16)34-22-9-7-6-8-19(22)27)18-14-28-21-13-24(32-4)23(31-3)12-17(21)15(18)2/h6-15,18H,5H2,1-4H3/t15-,18?/m1/s1. The van der Waals surface area contributed by atoms with Gasteiger partial charge < -0.3 is 18.9 Å². The van der Waals surface area contributed by atoms with Crippen molar-refractivity contribution >= 4 is 29.5 Å². The van der Waals surface area contributed by atoms with E-state index in [1.165, 1.54) is 0 Å². The molecule has 2 atom stereocenters. The van der Waals surface area contributed by atoms with Gasteiger partial charge in [-0.25, -0.2) is 9.78 Å². The predicted molar refractivity (Wildman–Crippen MR) is 131 cm³/mol. The normalized spacial score (nSPS) is 16.5. The zero-order valence-corrected chi connectivity index (χ0v) is 20.1. The molecule has 0 amide bonds. The molecule has 1 unspecified atom stereocenters. The van der Waals surface area contributed by atoms with Crippen LogP contribution in [-0.2, 0) is 4.74 Å². The van der Waals surface area contributed by atoms with Crippen LogP contribution in [0, 0.1) is 0 Å².